The van der Waals surface area contributed by atoms with Gasteiger partial charge in [-0.2, -0.15) is 0 Å². The summed E-state index contributed by atoms with van der Waals surface area (Å²) in [5.41, 5.74) is 0.376. The second-order valence-corrected chi connectivity index (χ2v) is 8.73. The number of hydrogen-bond donors (Lipinski definition) is 1. The topological polar surface area (TPSA) is 107 Å². The Kier molecular flexibility index (Phi) is 6.97. The molecule has 0 saturated carbocycles. The summed E-state index contributed by atoms with van der Waals surface area (Å²) in [6.07, 6.45) is 0.720. The first-order valence-corrected chi connectivity index (χ1v) is 10.9. The highest BCUT2D eigenvalue weighted by atomic mass is 35.5. The Morgan fingerprint density at radius 3 is 2.68 bits per heavy atom. The maximum Gasteiger partial charge on any atom is 0.271 e. The molecule has 1 amide bonds. The number of nitrogens with zero attached hydrogens (tertiary/aromatic N) is 3. The number of anilines is 1. The molecule has 3 aromatic rings. The van der Waals surface area contributed by atoms with Crippen molar-refractivity contribution < 1.29 is 9.72 Å². The number of nitro groups is 1. The number of aromatic nitrogens is 2. The van der Waals surface area contributed by atoms with Crippen molar-refractivity contribution in [1.82, 2.24) is 9.55 Å². The van der Waals surface area contributed by atoms with E-state index >= 15 is 0 Å². The van der Waals surface area contributed by atoms with E-state index in [4.69, 9.17) is 11.6 Å². The zero-order valence-electron chi connectivity index (χ0n) is 17.2. The predicted octanol–water partition coefficient (Wildman–Crippen LogP) is 5.05. The lowest BCUT2D eigenvalue weighted by molar-refractivity contribution is -0.384. The number of benzene rings is 2. The average molecular weight is 461 g/mol. The summed E-state index contributed by atoms with van der Waals surface area (Å²) in [5, 5.41) is 14.1. The lowest BCUT2D eigenvalue weighted by Gasteiger charge is -2.20. The van der Waals surface area contributed by atoms with Crippen molar-refractivity contribution in [2.24, 2.45) is 0 Å². The lowest BCUT2D eigenvalue weighted by Crippen LogP contribution is -2.28. The average Bonchev–Trinajstić information content (AvgIpc) is 2.74. The minimum absolute atomic E-state index is 0.103. The fraction of sp³-hybridized carbons (Fsp3) is 0.286. The number of nitro benzene ring substituents is 1. The van der Waals surface area contributed by atoms with Gasteiger partial charge in [0.1, 0.15) is 0 Å². The molecule has 1 aromatic heterocycles. The summed E-state index contributed by atoms with van der Waals surface area (Å²) in [7, 11) is 0. The molecule has 1 heterocycles. The maximum atomic E-state index is 13.1. The number of non-ortho nitro benzene ring substituents is 1. The Balaban J connectivity index is 1.91. The third kappa shape index (κ3) is 4.88. The fourth-order valence-electron chi connectivity index (χ4n) is 2.95. The largest absolute Gasteiger partial charge is 0.324 e. The second kappa shape index (κ2) is 9.49. The highest BCUT2D eigenvalue weighted by Crippen LogP contribution is 2.29. The van der Waals surface area contributed by atoms with Crippen molar-refractivity contribution in [1.29, 1.82) is 0 Å². The van der Waals surface area contributed by atoms with Crippen LogP contribution in [0.5, 0.6) is 0 Å². The zero-order valence-corrected chi connectivity index (χ0v) is 18.7. The smallest absolute Gasteiger partial charge is 0.271 e. The quantitative estimate of drug-likeness (QED) is 0.229. The Labute approximate surface area is 187 Å². The molecular weight excluding hydrogens is 440 g/mol. The van der Waals surface area contributed by atoms with Gasteiger partial charge in [-0.3, -0.25) is 24.3 Å². The van der Waals surface area contributed by atoms with Gasteiger partial charge in [0, 0.05) is 18.2 Å². The van der Waals surface area contributed by atoms with Gasteiger partial charge in [0.05, 0.1) is 31.8 Å². The number of nitrogens with one attached hydrogen (secondary N) is 1. The van der Waals surface area contributed by atoms with Crippen molar-refractivity contribution in [2.45, 2.75) is 43.6 Å². The normalized spacial score (nSPS) is 13.0. The van der Waals surface area contributed by atoms with E-state index in [1.54, 1.807) is 35.8 Å². The Morgan fingerprint density at radius 1 is 1.29 bits per heavy atom. The van der Waals surface area contributed by atoms with Gasteiger partial charge >= 0.3 is 0 Å². The number of halogens is 1. The van der Waals surface area contributed by atoms with Crippen molar-refractivity contribution >= 4 is 51.5 Å². The summed E-state index contributed by atoms with van der Waals surface area (Å²) in [5.74, 6) is -0.412. The number of thioether (sulfide) groups is 1. The number of carbonyl (C=O) groups excluding carboxylic acids is 1. The molecule has 1 N–H and O–H groups in total. The molecule has 0 bridgehead atoms. The first kappa shape index (κ1) is 22.8. The molecule has 0 aliphatic heterocycles. The standard InChI is InChI=1S/C21H21ClN4O4S/c1-4-12(2)25-20(28)15-7-5-6-8-17(15)24-21(25)31-13(3)19(27)23-18-11-14(26(29)30)9-10-16(18)22/h5-13H,4H2,1-3H3,(H,23,27). The molecule has 0 radical (unpaired) electrons. The molecule has 3 rings (SSSR count). The van der Waals surface area contributed by atoms with Gasteiger partial charge in [0.25, 0.3) is 11.2 Å². The number of amides is 1. The number of rotatable bonds is 7. The summed E-state index contributed by atoms with van der Waals surface area (Å²) >= 11 is 7.23. The van der Waals surface area contributed by atoms with Crippen LogP contribution in [0, 0.1) is 10.1 Å². The molecule has 8 nitrogen and oxygen atoms in total. The van der Waals surface area contributed by atoms with Gasteiger partial charge in [0.15, 0.2) is 5.16 Å². The van der Waals surface area contributed by atoms with E-state index < -0.39 is 16.1 Å². The van der Waals surface area contributed by atoms with Crippen LogP contribution < -0.4 is 10.9 Å². The Bertz CT molecular complexity index is 1210. The van der Waals surface area contributed by atoms with Gasteiger partial charge in [-0.1, -0.05) is 42.4 Å². The van der Waals surface area contributed by atoms with Crippen LogP contribution in [0.3, 0.4) is 0 Å². The van der Waals surface area contributed by atoms with Crippen LogP contribution in [0.25, 0.3) is 10.9 Å². The first-order valence-electron chi connectivity index (χ1n) is 9.65. The van der Waals surface area contributed by atoms with Gasteiger partial charge in [-0.15, -0.1) is 0 Å². The third-order valence-corrected chi connectivity index (χ3v) is 6.27. The monoisotopic (exact) mass is 460 g/mol. The van der Waals surface area contributed by atoms with E-state index in [2.05, 4.69) is 10.3 Å². The van der Waals surface area contributed by atoms with Gasteiger partial charge in [-0.05, 0) is 38.5 Å². The van der Waals surface area contributed by atoms with Crippen LogP contribution >= 0.6 is 23.4 Å². The molecule has 0 spiro atoms. The third-order valence-electron chi connectivity index (χ3n) is 4.88. The van der Waals surface area contributed by atoms with E-state index in [9.17, 15) is 19.7 Å². The van der Waals surface area contributed by atoms with Gasteiger partial charge < -0.3 is 5.32 Å². The van der Waals surface area contributed by atoms with Crippen LogP contribution in [0.1, 0.15) is 33.2 Å². The maximum absolute atomic E-state index is 13.1. The van der Waals surface area contributed by atoms with Crippen LogP contribution in [0.15, 0.2) is 52.4 Å². The van der Waals surface area contributed by atoms with Gasteiger partial charge in [-0.25, -0.2) is 4.98 Å². The molecule has 162 valence electrons. The Morgan fingerprint density at radius 2 is 2.00 bits per heavy atom. The molecular formula is C21H21ClN4O4S. The van der Waals surface area contributed by atoms with Crippen molar-refractivity contribution in [3.63, 3.8) is 0 Å². The summed E-state index contributed by atoms with van der Waals surface area (Å²) in [4.78, 5) is 40.9. The minimum Gasteiger partial charge on any atom is -0.324 e. The molecule has 2 aromatic carbocycles. The van der Waals surface area contributed by atoms with E-state index in [1.165, 1.54) is 18.2 Å². The van der Waals surface area contributed by atoms with Crippen molar-refractivity contribution in [2.75, 3.05) is 5.32 Å². The minimum atomic E-state index is -0.640. The number of fused-ring (bicyclic) bond motifs is 1. The van der Waals surface area contributed by atoms with Crippen LogP contribution in [0.4, 0.5) is 11.4 Å². The highest BCUT2D eigenvalue weighted by Gasteiger charge is 2.22. The van der Waals surface area contributed by atoms with E-state index in [0.29, 0.717) is 16.1 Å². The molecule has 0 aliphatic carbocycles. The zero-order chi connectivity index (χ0) is 22.7. The fourth-order valence-corrected chi connectivity index (χ4v) is 4.12. The predicted molar refractivity (Wildman–Crippen MR) is 123 cm³/mol. The Hall–Kier alpha value is -2.91. The number of carbonyl (C=O) groups is 1. The van der Waals surface area contributed by atoms with Crippen molar-refractivity contribution in [3.8, 4) is 0 Å². The van der Waals surface area contributed by atoms with Crippen molar-refractivity contribution in [3.05, 3.63) is 68.0 Å². The van der Waals surface area contributed by atoms with Crippen LogP contribution in [0.2, 0.25) is 5.02 Å². The molecule has 31 heavy (non-hydrogen) atoms. The van der Waals surface area contributed by atoms with E-state index in [1.807, 2.05) is 13.8 Å². The molecule has 2 atom stereocenters. The summed E-state index contributed by atoms with van der Waals surface area (Å²) in [6.45, 7) is 5.57. The summed E-state index contributed by atoms with van der Waals surface area (Å²) < 4.78 is 1.61. The van der Waals surface area contributed by atoms with E-state index in [0.717, 1.165) is 18.2 Å². The molecule has 0 saturated heterocycles. The first-order chi connectivity index (χ1) is 14.7. The SMILES string of the molecule is CCC(C)n1c(SC(C)C(=O)Nc2cc([N+](=O)[O-])ccc2Cl)nc2ccccc2c1=O. The lowest BCUT2D eigenvalue weighted by atomic mass is 10.2. The molecule has 10 heteroatoms. The van der Waals surface area contributed by atoms with Crippen LogP contribution in [-0.2, 0) is 4.79 Å². The van der Waals surface area contributed by atoms with Gasteiger partial charge in [0.2, 0.25) is 5.91 Å². The van der Waals surface area contributed by atoms with Crippen LogP contribution in [-0.4, -0.2) is 25.6 Å². The summed E-state index contributed by atoms with van der Waals surface area (Å²) in [6, 6.07) is 10.8. The number of hydrogen-bond acceptors (Lipinski definition) is 6. The highest BCUT2D eigenvalue weighted by molar-refractivity contribution is 8.00. The molecule has 0 aliphatic rings. The van der Waals surface area contributed by atoms with E-state index in [-0.39, 0.29) is 28.0 Å². The molecule has 0 fully saturated rings. The number of para-hydroxylation sites is 1. The molecule has 2 unspecified atom stereocenters. The second-order valence-electron chi connectivity index (χ2n) is 7.01.